The Morgan fingerprint density at radius 1 is 1.16 bits per heavy atom. The van der Waals surface area contributed by atoms with Gasteiger partial charge in [-0.3, -0.25) is 14.4 Å². The zero-order valence-corrected chi connectivity index (χ0v) is 22.5. The van der Waals surface area contributed by atoms with Crippen LogP contribution in [-0.2, 0) is 19.1 Å². The fourth-order valence-corrected chi connectivity index (χ4v) is 5.14. The number of hydrogen-bond acceptors (Lipinski definition) is 6. The molecule has 0 bridgehead atoms. The highest BCUT2D eigenvalue weighted by atomic mass is 35.5. The molecule has 206 valence electrons. The molecule has 12 heteroatoms. The van der Waals surface area contributed by atoms with Crippen molar-refractivity contribution in [2.75, 3.05) is 14.2 Å². The molecule has 2 heterocycles. The third-order valence-corrected chi connectivity index (χ3v) is 7.31. The van der Waals surface area contributed by atoms with Crippen LogP contribution in [0.3, 0.4) is 0 Å². The maximum Gasteiger partial charge on any atom is 0.328 e. The maximum absolute atomic E-state index is 14.6. The summed E-state index contributed by atoms with van der Waals surface area (Å²) in [5, 5.41) is 8.42. The Labute approximate surface area is 224 Å². The minimum Gasteiger partial charge on any atom is -0.496 e. The van der Waals surface area contributed by atoms with Crippen LogP contribution >= 0.6 is 11.6 Å². The van der Waals surface area contributed by atoms with Gasteiger partial charge in [-0.15, -0.1) is 0 Å². The van der Waals surface area contributed by atoms with E-state index in [-0.39, 0.29) is 40.2 Å². The minimum absolute atomic E-state index is 0.00575. The SMILES string of the molecule is COC(=O)[C@H](C[C@@H]1CC(C)(C)NC1=O)NC(=O)[C@H](CC1CC1)NC(=O)c1cc2c(OC)cc(Cl)c(F)c2[nH]1. The molecule has 0 unspecified atom stereocenters. The molecule has 10 nitrogen and oxygen atoms in total. The van der Waals surface area contributed by atoms with Gasteiger partial charge in [0.25, 0.3) is 5.91 Å². The van der Waals surface area contributed by atoms with Gasteiger partial charge in [0, 0.05) is 22.9 Å². The predicted molar refractivity (Wildman–Crippen MR) is 137 cm³/mol. The van der Waals surface area contributed by atoms with E-state index in [1.54, 1.807) is 0 Å². The molecule has 3 atom stereocenters. The Morgan fingerprint density at radius 2 is 1.87 bits per heavy atom. The van der Waals surface area contributed by atoms with E-state index in [0.717, 1.165) is 12.8 Å². The quantitative estimate of drug-likeness (QED) is 0.336. The maximum atomic E-state index is 14.6. The third-order valence-electron chi connectivity index (χ3n) is 7.03. The van der Waals surface area contributed by atoms with Crippen molar-refractivity contribution < 1.29 is 33.0 Å². The summed E-state index contributed by atoms with van der Waals surface area (Å²) in [5.74, 6) is -2.74. The first-order chi connectivity index (χ1) is 17.9. The van der Waals surface area contributed by atoms with Crippen LogP contribution in [-0.4, -0.2) is 60.5 Å². The van der Waals surface area contributed by atoms with E-state index in [4.69, 9.17) is 21.1 Å². The number of esters is 1. The normalized spacial score (nSPS) is 19.9. The molecule has 1 aliphatic carbocycles. The number of aromatic amines is 1. The Hall–Kier alpha value is -3.34. The van der Waals surface area contributed by atoms with Gasteiger partial charge < -0.3 is 30.4 Å². The van der Waals surface area contributed by atoms with Crippen molar-refractivity contribution in [2.45, 2.75) is 63.6 Å². The van der Waals surface area contributed by atoms with Gasteiger partial charge in [-0.25, -0.2) is 9.18 Å². The van der Waals surface area contributed by atoms with Crippen LogP contribution in [0.4, 0.5) is 4.39 Å². The standard InChI is InChI=1S/C26H32ClFN4O6/c1-26(2)11-13(22(33)32-26)8-18(25(36)38-4)31-23(34)16(7-12-5-6-12)30-24(35)17-9-14-19(37-3)10-15(27)20(28)21(14)29-17/h9-10,12-13,16,18,29H,5-8,11H2,1-4H3,(H,30,35)(H,31,34)(H,32,33)/t13-,16+,18+/m1/s1. The highest BCUT2D eigenvalue weighted by Gasteiger charge is 2.41. The van der Waals surface area contributed by atoms with E-state index >= 15 is 0 Å². The molecule has 1 aromatic carbocycles. The number of carbonyl (C=O) groups excluding carboxylic acids is 4. The second kappa shape index (κ2) is 10.8. The smallest absolute Gasteiger partial charge is 0.328 e. The monoisotopic (exact) mass is 550 g/mol. The molecule has 0 spiro atoms. The van der Waals surface area contributed by atoms with Crippen molar-refractivity contribution in [3.63, 3.8) is 0 Å². The van der Waals surface area contributed by atoms with Crippen LogP contribution in [0, 0.1) is 17.7 Å². The number of methoxy groups -OCH3 is 2. The van der Waals surface area contributed by atoms with Crippen molar-refractivity contribution >= 4 is 46.2 Å². The van der Waals surface area contributed by atoms with Crippen molar-refractivity contribution in [2.24, 2.45) is 11.8 Å². The van der Waals surface area contributed by atoms with Crippen LogP contribution in [0.15, 0.2) is 12.1 Å². The zero-order chi connectivity index (χ0) is 27.8. The van der Waals surface area contributed by atoms with Gasteiger partial charge in [0.1, 0.15) is 23.5 Å². The molecular weight excluding hydrogens is 519 g/mol. The number of carbonyl (C=O) groups is 4. The first kappa shape index (κ1) is 27.7. The number of nitrogens with one attached hydrogen (secondary N) is 4. The molecular formula is C26H32ClFN4O6. The van der Waals surface area contributed by atoms with Gasteiger partial charge in [0.15, 0.2) is 5.82 Å². The molecule has 2 aliphatic rings. The molecule has 4 N–H and O–H groups in total. The fraction of sp³-hybridized carbons (Fsp3) is 0.538. The predicted octanol–water partition coefficient (Wildman–Crippen LogP) is 2.83. The number of rotatable bonds is 10. The van der Waals surface area contributed by atoms with Gasteiger partial charge in [0.2, 0.25) is 11.8 Å². The van der Waals surface area contributed by atoms with E-state index < -0.39 is 47.1 Å². The molecule has 1 aliphatic heterocycles. The summed E-state index contributed by atoms with van der Waals surface area (Å²) >= 11 is 5.93. The van der Waals surface area contributed by atoms with E-state index in [1.807, 2.05) is 13.8 Å². The first-order valence-corrected chi connectivity index (χ1v) is 12.9. The lowest BCUT2D eigenvalue weighted by Crippen LogP contribution is -2.52. The van der Waals surface area contributed by atoms with E-state index in [0.29, 0.717) is 18.2 Å². The Bertz CT molecular complexity index is 1270. The first-order valence-electron chi connectivity index (χ1n) is 12.5. The zero-order valence-electron chi connectivity index (χ0n) is 21.7. The summed E-state index contributed by atoms with van der Waals surface area (Å²) in [7, 11) is 2.61. The van der Waals surface area contributed by atoms with Crippen molar-refractivity contribution in [3.8, 4) is 5.75 Å². The van der Waals surface area contributed by atoms with Crippen LogP contribution in [0.25, 0.3) is 10.9 Å². The van der Waals surface area contributed by atoms with Crippen LogP contribution < -0.4 is 20.7 Å². The second-order valence-corrected chi connectivity index (χ2v) is 11.1. The Morgan fingerprint density at radius 3 is 2.45 bits per heavy atom. The van der Waals surface area contributed by atoms with Crippen LogP contribution in [0.2, 0.25) is 5.02 Å². The topological polar surface area (TPSA) is 139 Å². The van der Waals surface area contributed by atoms with Crippen molar-refractivity contribution in [1.82, 2.24) is 20.9 Å². The molecule has 38 heavy (non-hydrogen) atoms. The molecule has 2 fully saturated rings. The molecule has 1 saturated carbocycles. The number of H-pyrrole nitrogens is 1. The van der Waals surface area contributed by atoms with Gasteiger partial charge >= 0.3 is 5.97 Å². The van der Waals surface area contributed by atoms with Crippen molar-refractivity contribution in [1.29, 1.82) is 0 Å². The number of benzene rings is 1. The van der Waals surface area contributed by atoms with Crippen LogP contribution in [0.1, 0.15) is 56.4 Å². The minimum atomic E-state index is -1.07. The van der Waals surface area contributed by atoms with Gasteiger partial charge in [-0.1, -0.05) is 24.4 Å². The van der Waals surface area contributed by atoms with Gasteiger partial charge in [-0.2, -0.15) is 0 Å². The number of hydrogen-bond donors (Lipinski definition) is 4. The van der Waals surface area contributed by atoms with Gasteiger partial charge in [0.05, 0.1) is 24.8 Å². The highest BCUT2D eigenvalue weighted by molar-refractivity contribution is 6.31. The van der Waals surface area contributed by atoms with E-state index in [2.05, 4.69) is 20.9 Å². The summed E-state index contributed by atoms with van der Waals surface area (Å²) in [6, 6.07) is 0.714. The summed E-state index contributed by atoms with van der Waals surface area (Å²) in [6.45, 7) is 3.77. The lowest BCUT2D eigenvalue weighted by Gasteiger charge is -2.23. The third kappa shape index (κ3) is 6.03. The Kier molecular flexibility index (Phi) is 7.87. The largest absolute Gasteiger partial charge is 0.496 e. The van der Waals surface area contributed by atoms with Crippen LogP contribution in [0.5, 0.6) is 5.75 Å². The lowest BCUT2D eigenvalue weighted by atomic mass is 9.91. The second-order valence-electron chi connectivity index (χ2n) is 10.6. The number of aromatic nitrogens is 1. The average Bonchev–Trinajstić information content (AvgIpc) is 3.49. The number of amides is 3. The lowest BCUT2D eigenvalue weighted by molar-refractivity contribution is -0.146. The molecule has 0 radical (unpaired) electrons. The van der Waals surface area contributed by atoms with E-state index in [9.17, 15) is 23.6 Å². The molecule has 4 rings (SSSR count). The average molecular weight is 551 g/mol. The highest BCUT2D eigenvalue weighted by Crippen LogP contribution is 2.35. The summed E-state index contributed by atoms with van der Waals surface area (Å²) in [5.41, 5.74) is -0.394. The summed E-state index contributed by atoms with van der Waals surface area (Å²) in [4.78, 5) is 54.1. The number of ether oxygens (including phenoxy) is 2. The summed E-state index contributed by atoms with van der Waals surface area (Å²) in [6.07, 6.45) is 2.78. The number of halogens is 2. The fourth-order valence-electron chi connectivity index (χ4n) is 4.94. The van der Waals surface area contributed by atoms with Crippen molar-refractivity contribution in [3.05, 3.63) is 28.7 Å². The summed E-state index contributed by atoms with van der Waals surface area (Å²) < 4.78 is 24.7. The van der Waals surface area contributed by atoms with Gasteiger partial charge in [-0.05, 0) is 45.1 Å². The molecule has 3 amide bonds. The number of fused-ring (bicyclic) bond motifs is 1. The van der Waals surface area contributed by atoms with E-state index in [1.165, 1.54) is 26.4 Å². The molecule has 1 saturated heterocycles. The molecule has 2 aromatic rings. The molecule has 1 aromatic heterocycles. The Balaban J connectivity index is 1.51.